The molecule has 0 bridgehead atoms. The molecule has 7 heavy (non-hydrogen) atoms. The van der Waals surface area contributed by atoms with Crippen molar-refractivity contribution >= 4 is 88.7 Å². The molecule has 4 nitrogen and oxygen atoms in total. The van der Waals surface area contributed by atoms with Gasteiger partial charge in [0.15, 0.2) is 0 Å². The molecule has 0 saturated carbocycles. The fraction of sp³-hybridized carbons (Fsp3) is 0. The van der Waals surface area contributed by atoms with Crippen LogP contribution in [0.2, 0.25) is 0 Å². The minimum absolute atomic E-state index is 0. The SMILES string of the molecule is O.O.O.O.[NaH].[NaH].[NaH]. The summed E-state index contributed by atoms with van der Waals surface area (Å²) in [7, 11) is 0. The van der Waals surface area contributed by atoms with Gasteiger partial charge in [0.05, 0.1) is 0 Å². The molecule has 0 aromatic rings. The van der Waals surface area contributed by atoms with E-state index >= 15 is 0 Å². The van der Waals surface area contributed by atoms with E-state index in [1.807, 2.05) is 0 Å². The van der Waals surface area contributed by atoms with Crippen LogP contribution in [0.25, 0.3) is 0 Å². The molecule has 0 atom stereocenters. The average Bonchev–Trinajstić information content (AvgIpc) is 0. The normalized spacial score (nSPS) is 0. The van der Waals surface area contributed by atoms with Crippen molar-refractivity contribution in [3.8, 4) is 0 Å². The summed E-state index contributed by atoms with van der Waals surface area (Å²) in [6.07, 6.45) is 0. The van der Waals surface area contributed by atoms with Crippen molar-refractivity contribution in [2.45, 2.75) is 0 Å². The first-order valence-corrected chi connectivity index (χ1v) is 0. The van der Waals surface area contributed by atoms with Gasteiger partial charge in [-0.05, 0) is 0 Å². The molecule has 38 valence electrons. The Bertz CT molecular complexity index is 6.90. The fourth-order valence-electron chi connectivity index (χ4n) is 0. The summed E-state index contributed by atoms with van der Waals surface area (Å²) in [5.41, 5.74) is 0. The second kappa shape index (κ2) is 67.4. The van der Waals surface area contributed by atoms with Crippen molar-refractivity contribution in [2.75, 3.05) is 0 Å². The van der Waals surface area contributed by atoms with Crippen molar-refractivity contribution in [2.24, 2.45) is 0 Å². The summed E-state index contributed by atoms with van der Waals surface area (Å²) in [4.78, 5) is 0. The first kappa shape index (κ1) is 95.3. The van der Waals surface area contributed by atoms with E-state index in [-0.39, 0.29) is 111 Å². The Morgan fingerprint density at radius 3 is 0.286 bits per heavy atom. The maximum absolute atomic E-state index is 0. The van der Waals surface area contributed by atoms with Gasteiger partial charge in [-0.3, -0.25) is 0 Å². The quantitative estimate of drug-likeness (QED) is 0.301. The third-order valence-electron chi connectivity index (χ3n) is 0. The topological polar surface area (TPSA) is 126 Å². The molecule has 0 aliphatic heterocycles. The summed E-state index contributed by atoms with van der Waals surface area (Å²) in [5.74, 6) is 0. The summed E-state index contributed by atoms with van der Waals surface area (Å²) in [6, 6.07) is 0. The summed E-state index contributed by atoms with van der Waals surface area (Å²) >= 11 is 0. The van der Waals surface area contributed by atoms with Crippen molar-refractivity contribution in [3.63, 3.8) is 0 Å². The molecule has 0 aromatic carbocycles. The Kier molecular flexibility index (Phi) is 918. The van der Waals surface area contributed by atoms with E-state index in [0.717, 1.165) is 0 Å². The molecule has 0 saturated heterocycles. The van der Waals surface area contributed by atoms with E-state index in [0.29, 0.717) is 0 Å². The number of hydrogen-bond acceptors (Lipinski definition) is 0. The third kappa shape index (κ3) is 51.3. The Morgan fingerprint density at radius 1 is 0.286 bits per heavy atom. The van der Waals surface area contributed by atoms with E-state index in [1.54, 1.807) is 0 Å². The van der Waals surface area contributed by atoms with Crippen molar-refractivity contribution in [1.82, 2.24) is 0 Å². The van der Waals surface area contributed by atoms with E-state index in [4.69, 9.17) is 0 Å². The van der Waals surface area contributed by atoms with Crippen LogP contribution < -0.4 is 0 Å². The molecule has 0 radical (unpaired) electrons. The van der Waals surface area contributed by atoms with Crippen LogP contribution in [0, 0.1) is 0 Å². The van der Waals surface area contributed by atoms with Gasteiger partial charge in [-0.2, -0.15) is 0 Å². The Morgan fingerprint density at radius 2 is 0.286 bits per heavy atom. The van der Waals surface area contributed by atoms with Gasteiger partial charge in [-0.25, -0.2) is 0 Å². The summed E-state index contributed by atoms with van der Waals surface area (Å²) < 4.78 is 0. The van der Waals surface area contributed by atoms with Crippen molar-refractivity contribution in [3.05, 3.63) is 0 Å². The molecule has 0 aliphatic rings. The van der Waals surface area contributed by atoms with Gasteiger partial charge in [-0.15, -0.1) is 0 Å². The van der Waals surface area contributed by atoms with Crippen LogP contribution in [-0.2, 0) is 0 Å². The van der Waals surface area contributed by atoms with Crippen LogP contribution in [-0.4, -0.2) is 111 Å². The summed E-state index contributed by atoms with van der Waals surface area (Å²) in [5, 5.41) is 0. The zero-order valence-electron chi connectivity index (χ0n) is 2.00. The molecule has 7 heteroatoms. The number of rotatable bonds is 0. The third-order valence-corrected chi connectivity index (χ3v) is 0. The Balaban J connectivity index is 0. The molecule has 0 aliphatic carbocycles. The second-order valence-corrected chi connectivity index (χ2v) is 0. The molecule has 0 rings (SSSR count). The molecule has 0 heterocycles. The second-order valence-electron chi connectivity index (χ2n) is 0. The van der Waals surface area contributed by atoms with Crippen LogP contribution in [0.15, 0.2) is 0 Å². The Hall–Kier alpha value is 2.84. The van der Waals surface area contributed by atoms with Gasteiger partial charge < -0.3 is 21.9 Å². The van der Waals surface area contributed by atoms with Crippen molar-refractivity contribution < 1.29 is 21.9 Å². The monoisotopic (exact) mass is 144 g/mol. The molecular formula is H11Na3O4. The molecule has 0 unspecified atom stereocenters. The zero-order chi connectivity index (χ0) is 0. The molecule has 0 fully saturated rings. The van der Waals surface area contributed by atoms with E-state index in [9.17, 15) is 0 Å². The number of hydrogen-bond donors (Lipinski definition) is 0. The molecule has 0 amide bonds. The first-order valence-electron chi connectivity index (χ1n) is 0. The van der Waals surface area contributed by atoms with E-state index in [1.165, 1.54) is 0 Å². The van der Waals surface area contributed by atoms with Crippen LogP contribution in [0.3, 0.4) is 0 Å². The fourth-order valence-corrected chi connectivity index (χ4v) is 0. The molecule has 8 N–H and O–H groups in total. The van der Waals surface area contributed by atoms with Gasteiger partial charge >= 0.3 is 88.7 Å². The van der Waals surface area contributed by atoms with Crippen LogP contribution >= 0.6 is 0 Å². The molecule has 0 spiro atoms. The summed E-state index contributed by atoms with van der Waals surface area (Å²) in [6.45, 7) is 0. The van der Waals surface area contributed by atoms with Gasteiger partial charge in [-0.1, -0.05) is 0 Å². The van der Waals surface area contributed by atoms with E-state index in [2.05, 4.69) is 0 Å². The van der Waals surface area contributed by atoms with Gasteiger partial charge in [0, 0.05) is 0 Å². The van der Waals surface area contributed by atoms with E-state index < -0.39 is 0 Å². The standard InChI is InChI=1S/3Na.4H2O.3H/h;;;4*1H2;;;. The van der Waals surface area contributed by atoms with Gasteiger partial charge in [0.2, 0.25) is 0 Å². The van der Waals surface area contributed by atoms with Gasteiger partial charge in [0.1, 0.15) is 0 Å². The van der Waals surface area contributed by atoms with Crippen LogP contribution in [0.4, 0.5) is 0 Å². The predicted octanol–water partition coefficient (Wildman–Crippen LogP) is -5.24. The average molecular weight is 144 g/mol. The van der Waals surface area contributed by atoms with Gasteiger partial charge in [0.25, 0.3) is 0 Å². The molecule has 0 aromatic heterocycles. The van der Waals surface area contributed by atoms with Crippen LogP contribution in [0.5, 0.6) is 0 Å². The van der Waals surface area contributed by atoms with Crippen LogP contribution in [0.1, 0.15) is 0 Å². The minimum atomic E-state index is 0. The van der Waals surface area contributed by atoms with Crippen molar-refractivity contribution in [1.29, 1.82) is 0 Å². The Labute approximate surface area is 109 Å². The zero-order valence-corrected chi connectivity index (χ0v) is 2.00. The predicted molar refractivity (Wildman–Crippen MR) is 35.9 cm³/mol. The maximum atomic E-state index is 0. The first-order chi connectivity index (χ1) is 0. The molecular weight excluding hydrogens is 133 g/mol.